The second kappa shape index (κ2) is 5.87. The van der Waals surface area contributed by atoms with Gasteiger partial charge in [0.15, 0.2) is 0 Å². The van der Waals surface area contributed by atoms with Crippen LogP contribution in [-0.4, -0.2) is 16.2 Å². The summed E-state index contributed by atoms with van der Waals surface area (Å²) in [4.78, 5) is 0. The van der Waals surface area contributed by atoms with Gasteiger partial charge in [-0.1, -0.05) is 48.5 Å². The van der Waals surface area contributed by atoms with Gasteiger partial charge in [0.2, 0.25) is 0 Å². The molecule has 0 unspecified atom stereocenters. The molecule has 0 amide bonds. The number of nitrogens with zero attached hydrogens (tertiary/aromatic N) is 2. The van der Waals surface area contributed by atoms with Crippen molar-refractivity contribution < 1.29 is 17.6 Å². The predicted octanol–water partition coefficient (Wildman–Crippen LogP) is 4.90. The summed E-state index contributed by atoms with van der Waals surface area (Å²) >= 11 is 0. The molecule has 23 heavy (non-hydrogen) atoms. The fourth-order valence-electron chi connectivity index (χ4n) is 2.25. The van der Waals surface area contributed by atoms with E-state index in [0.29, 0.717) is 11.3 Å². The highest BCUT2D eigenvalue weighted by Gasteiger charge is 2.46. The lowest BCUT2D eigenvalue weighted by Crippen LogP contribution is -2.26. The number of aromatic nitrogens is 2. The van der Waals surface area contributed by atoms with Gasteiger partial charge in [-0.3, -0.25) is 0 Å². The maximum Gasteiger partial charge on any atom is 0.349 e. The van der Waals surface area contributed by atoms with Crippen molar-refractivity contribution in [1.82, 2.24) is 9.78 Å². The first-order chi connectivity index (χ1) is 11.0. The van der Waals surface area contributed by atoms with Crippen LogP contribution in [0.25, 0.3) is 16.9 Å². The molecule has 6 heteroatoms. The van der Waals surface area contributed by atoms with Crippen LogP contribution in [0.4, 0.5) is 17.6 Å². The summed E-state index contributed by atoms with van der Waals surface area (Å²) < 4.78 is 54.4. The van der Waals surface area contributed by atoms with E-state index >= 15 is 0 Å². The van der Waals surface area contributed by atoms with Gasteiger partial charge >= 0.3 is 12.3 Å². The normalized spacial score (nSPS) is 11.9. The highest BCUT2D eigenvalue weighted by Crippen LogP contribution is 2.37. The largest absolute Gasteiger partial charge is 0.349 e. The second-order valence-electron chi connectivity index (χ2n) is 4.95. The van der Waals surface area contributed by atoms with Crippen LogP contribution >= 0.6 is 0 Å². The molecule has 0 aliphatic carbocycles. The minimum absolute atomic E-state index is 0.213. The first-order valence-electron chi connectivity index (χ1n) is 6.87. The summed E-state index contributed by atoms with van der Waals surface area (Å²) in [7, 11) is 0. The maximum absolute atomic E-state index is 13.9. The molecule has 0 saturated heterocycles. The van der Waals surface area contributed by atoms with Gasteiger partial charge in [-0.25, -0.2) is 13.5 Å². The number of rotatable bonds is 4. The van der Waals surface area contributed by atoms with Gasteiger partial charge in [0.1, 0.15) is 5.69 Å². The van der Waals surface area contributed by atoms with Crippen molar-refractivity contribution >= 4 is 0 Å². The van der Waals surface area contributed by atoms with Gasteiger partial charge in [0, 0.05) is 5.56 Å². The van der Waals surface area contributed by atoms with Crippen LogP contribution in [-0.2, 0) is 5.92 Å². The minimum Gasteiger partial charge on any atom is -0.231 e. The highest BCUT2D eigenvalue weighted by atomic mass is 19.3. The van der Waals surface area contributed by atoms with Crippen LogP contribution in [0.1, 0.15) is 5.69 Å². The van der Waals surface area contributed by atoms with E-state index in [9.17, 15) is 17.6 Å². The van der Waals surface area contributed by atoms with Crippen molar-refractivity contribution in [1.29, 1.82) is 0 Å². The average molecular weight is 320 g/mol. The Hall–Kier alpha value is -2.63. The lowest BCUT2D eigenvalue weighted by molar-refractivity contribution is -0.139. The molecule has 0 bridgehead atoms. The zero-order chi connectivity index (χ0) is 16.4. The highest BCUT2D eigenvalue weighted by molar-refractivity contribution is 5.60. The van der Waals surface area contributed by atoms with Gasteiger partial charge in [0.25, 0.3) is 0 Å². The standard InChI is InChI=1S/C17H12F4N2/c18-16(19)17(20,21)15-11-14(12-7-3-1-4-8-12)22-23(15)13-9-5-2-6-10-13/h1-11,16H. The third kappa shape index (κ3) is 2.84. The fraction of sp³-hybridized carbons (Fsp3) is 0.118. The molecule has 0 atom stereocenters. The molecule has 1 aromatic heterocycles. The summed E-state index contributed by atoms with van der Waals surface area (Å²) in [6.07, 6.45) is -3.81. The molecule has 2 aromatic carbocycles. The van der Waals surface area contributed by atoms with E-state index in [4.69, 9.17) is 0 Å². The zero-order valence-electron chi connectivity index (χ0n) is 11.8. The quantitative estimate of drug-likeness (QED) is 0.625. The van der Waals surface area contributed by atoms with E-state index in [0.717, 1.165) is 10.7 Å². The summed E-state index contributed by atoms with van der Waals surface area (Å²) in [5.41, 5.74) is 0.251. The summed E-state index contributed by atoms with van der Waals surface area (Å²) in [6.45, 7) is 0. The Kier molecular flexibility index (Phi) is 3.90. The Morgan fingerprint density at radius 2 is 1.43 bits per heavy atom. The summed E-state index contributed by atoms with van der Waals surface area (Å²) in [5, 5.41) is 4.10. The summed E-state index contributed by atoms with van der Waals surface area (Å²) in [6, 6.07) is 17.6. The van der Waals surface area contributed by atoms with Gasteiger partial charge in [0.05, 0.1) is 11.4 Å². The minimum atomic E-state index is -4.30. The van der Waals surface area contributed by atoms with Crippen molar-refractivity contribution in [2.75, 3.05) is 0 Å². The Morgan fingerprint density at radius 3 is 2.00 bits per heavy atom. The van der Waals surface area contributed by atoms with Crippen LogP contribution in [0.15, 0.2) is 66.7 Å². The third-order valence-corrected chi connectivity index (χ3v) is 3.40. The first-order valence-corrected chi connectivity index (χ1v) is 6.87. The van der Waals surface area contributed by atoms with Gasteiger partial charge in [-0.2, -0.15) is 13.9 Å². The third-order valence-electron chi connectivity index (χ3n) is 3.40. The molecule has 0 N–H and O–H groups in total. The molecule has 1 heterocycles. The molecule has 3 rings (SSSR count). The number of benzene rings is 2. The SMILES string of the molecule is FC(F)C(F)(F)c1cc(-c2ccccc2)nn1-c1ccccc1. The molecule has 118 valence electrons. The lowest BCUT2D eigenvalue weighted by atomic mass is 10.1. The fourth-order valence-corrected chi connectivity index (χ4v) is 2.25. The Labute approximate surface area is 130 Å². The molecule has 3 aromatic rings. The lowest BCUT2D eigenvalue weighted by Gasteiger charge is -2.16. The molecule has 0 radical (unpaired) electrons. The smallest absolute Gasteiger partial charge is 0.231 e. The van der Waals surface area contributed by atoms with Gasteiger partial charge in [-0.05, 0) is 18.2 Å². The Bertz CT molecular complexity index is 783. The monoisotopic (exact) mass is 320 g/mol. The number of para-hydroxylation sites is 1. The van der Waals surface area contributed by atoms with E-state index in [-0.39, 0.29) is 5.69 Å². The van der Waals surface area contributed by atoms with E-state index in [2.05, 4.69) is 5.10 Å². The first kappa shape index (κ1) is 15.3. The van der Waals surface area contributed by atoms with Gasteiger partial charge in [-0.15, -0.1) is 0 Å². The van der Waals surface area contributed by atoms with Crippen molar-refractivity contribution in [3.05, 3.63) is 72.4 Å². The van der Waals surface area contributed by atoms with Crippen molar-refractivity contribution in [3.63, 3.8) is 0 Å². The number of halogens is 4. The Morgan fingerprint density at radius 1 is 0.870 bits per heavy atom. The second-order valence-corrected chi connectivity index (χ2v) is 4.95. The van der Waals surface area contributed by atoms with Crippen LogP contribution in [0.5, 0.6) is 0 Å². The van der Waals surface area contributed by atoms with Crippen LogP contribution in [0.3, 0.4) is 0 Å². The van der Waals surface area contributed by atoms with Crippen LogP contribution in [0.2, 0.25) is 0 Å². The van der Waals surface area contributed by atoms with Crippen molar-refractivity contribution in [3.8, 4) is 16.9 Å². The topological polar surface area (TPSA) is 17.8 Å². The number of alkyl halides is 4. The van der Waals surface area contributed by atoms with E-state index < -0.39 is 18.0 Å². The molecule has 0 spiro atoms. The average Bonchev–Trinajstić information content (AvgIpc) is 3.02. The Balaban J connectivity index is 2.19. The van der Waals surface area contributed by atoms with E-state index in [1.54, 1.807) is 48.5 Å². The molecular formula is C17H12F4N2. The number of hydrogen-bond donors (Lipinski definition) is 0. The van der Waals surface area contributed by atoms with Gasteiger partial charge < -0.3 is 0 Å². The summed E-state index contributed by atoms with van der Waals surface area (Å²) in [5.74, 6) is -4.30. The maximum atomic E-state index is 13.9. The molecule has 0 saturated carbocycles. The van der Waals surface area contributed by atoms with Crippen LogP contribution < -0.4 is 0 Å². The molecule has 0 aliphatic heterocycles. The van der Waals surface area contributed by atoms with Crippen LogP contribution in [0, 0.1) is 0 Å². The number of hydrogen-bond acceptors (Lipinski definition) is 1. The van der Waals surface area contributed by atoms with E-state index in [1.807, 2.05) is 0 Å². The molecular weight excluding hydrogens is 308 g/mol. The zero-order valence-corrected chi connectivity index (χ0v) is 11.8. The molecule has 0 aliphatic rings. The predicted molar refractivity (Wildman–Crippen MR) is 78.9 cm³/mol. The van der Waals surface area contributed by atoms with Crippen molar-refractivity contribution in [2.24, 2.45) is 0 Å². The molecule has 2 nitrogen and oxygen atoms in total. The molecule has 0 fully saturated rings. The van der Waals surface area contributed by atoms with E-state index in [1.165, 1.54) is 12.1 Å². The van der Waals surface area contributed by atoms with Crippen molar-refractivity contribution in [2.45, 2.75) is 12.3 Å².